The zero-order valence-corrected chi connectivity index (χ0v) is 37.5. The number of hydrogen-bond donors (Lipinski definition) is 0. The number of ether oxygens (including phenoxy) is 3. The quantitative estimate of drug-likeness (QED) is 0.0265. The molecule has 0 aromatic carbocycles. The summed E-state index contributed by atoms with van der Waals surface area (Å²) in [5.41, 5.74) is 0. The summed E-state index contributed by atoms with van der Waals surface area (Å²) in [7, 11) is 0. The molecule has 6 nitrogen and oxygen atoms in total. The highest BCUT2D eigenvalue weighted by molar-refractivity contribution is 5.71. The van der Waals surface area contributed by atoms with Gasteiger partial charge in [0.2, 0.25) is 0 Å². The van der Waals surface area contributed by atoms with Gasteiger partial charge in [0.25, 0.3) is 0 Å². The lowest BCUT2D eigenvalue weighted by atomic mass is 10.1. The van der Waals surface area contributed by atoms with Crippen molar-refractivity contribution in [1.29, 1.82) is 0 Å². The predicted octanol–water partition coefficient (Wildman–Crippen LogP) is 15.3. The molecule has 330 valence electrons. The van der Waals surface area contributed by atoms with E-state index in [1.165, 1.54) is 38.5 Å². The zero-order chi connectivity index (χ0) is 42.3. The number of hydrogen-bond acceptors (Lipinski definition) is 6. The highest BCUT2D eigenvalue weighted by atomic mass is 16.6. The van der Waals surface area contributed by atoms with E-state index >= 15 is 0 Å². The summed E-state index contributed by atoms with van der Waals surface area (Å²) >= 11 is 0. The van der Waals surface area contributed by atoms with Gasteiger partial charge in [-0.25, -0.2) is 0 Å². The molecule has 0 aliphatic heterocycles. The molecule has 0 amide bonds. The van der Waals surface area contributed by atoms with Gasteiger partial charge >= 0.3 is 17.9 Å². The number of carbonyl (C=O) groups excluding carboxylic acids is 3. The molecule has 58 heavy (non-hydrogen) atoms. The molecule has 0 aromatic rings. The van der Waals surface area contributed by atoms with E-state index in [0.717, 1.165) is 128 Å². The number of rotatable bonds is 41. The molecule has 0 aromatic heterocycles. The maximum absolute atomic E-state index is 12.7. The SMILES string of the molecule is CC/C=C\C/C=C\C/C=C\C/C=C\C/C=C\CCCCCC(=O)OCC(COC(=O)CCCCCCC/C=C\CCC)OC(=O)CCCCCCC/C=C\CCCC. The summed E-state index contributed by atoms with van der Waals surface area (Å²) in [6, 6.07) is 0. The lowest BCUT2D eigenvalue weighted by Crippen LogP contribution is -2.30. The van der Waals surface area contributed by atoms with Crippen LogP contribution in [-0.4, -0.2) is 37.2 Å². The second-order valence-electron chi connectivity index (χ2n) is 15.3. The van der Waals surface area contributed by atoms with Crippen molar-refractivity contribution in [2.75, 3.05) is 13.2 Å². The first-order valence-corrected chi connectivity index (χ1v) is 23.6. The van der Waals surface area contributed by atoms with Crippen LogP contribution in [0.25, 0.3) is 0 Å². The molecule has 0 spiro atoms. The molecule has 0 fully saturated rings. The lowest BCUT2D eigenvalue weighted by molar-refractivity contribution is -0.167. The first kappa shape index (κ1) is 54.6. The van der Waals surface area contributed by atoms with Crippen LogP contribution in [0.3, 0.4) is 0 Å². The van der Waals surface area contributed by atoms with Crippen molar-refractivity contribution in [3.05, 3.63) is 85.1 Å². The number of allylic oxidation sites excluding steroid dienone is 14. The molecule has 6 heteroatoms. The van der Waals surface area contributed by atoms with Crippen molar-refractivity contribution < 1.29 is 28.6 Å². The van der Waals surface area contributed by atoms with E-state index in [1.807, 2.05) is 0 Å². The van der Waals surface area contributed by atoms with Gasteiger partial charge in [-0.2, -0.15) is 0 Å². The van der Waals surface area contributed by atoms with E-state index in [4.69, 9.17) is 14.2 Å². The Kier molecular flexibility index (Phi) is 43.6. The maximum atomic E-state index is 12.7. The van der Waals surface area contributed by atoms with Crippen molar-refractivity contribution in [3.8, 4) is 0 Å². The van der Waals surface area contributed by atoms with Gasteiger partial charge in [-0.05, 0) is 103 Å². The Labute approximate surface area is 356 Å². The van der Waals surface area contributed by atoms with Gasteiger partial charge in [0.1, 0.15) is 13.2 Å². The van der Waals surface area contributed by atoms with E-state index in [1.54, 1.807) is 0 Å². The molecule has 1 unspecified atom stereocenters. The van der Waals surface area contributed by atoms with E-state index < -0.39 is 6.10 Å². The summed E-state index contributed by atoms with van der Waals surface area (Å²) in [5.74, 6) is -0.957. The minimum Gasteiger partial charge on any atom is -0.462 e. The molecule has 0 bridgehead atoms. The van der Waals surface area contributed by atoms with Crippen LogP contribution in [0, 0.1) is 0 Å². The number of esters is 3. The van der Waals surface area contributed by atoms with Crippen molar-refractivity contribution in [2.24, 2.45) is 0 Å². The van der Waals surface area contributed by atoms with Crippen LogP contribution in [-0.2, 0) is 28.6 Å². The number of unbranched alkanes of at least 4 members (excludes halogenated alkanes) is 16. The normalized spacial score (nSPS) is 12.8. The molecule has 0 rings (SSSR count). The Morgan fingerprint density at radius 3 is 1.16 bits per heavy atom. The van der Waals surface area contributed by atoms with E-state index in [2.05, 4.69) is 106 Å². The number of carbonyl (C=O) groups is 3. The van der Waals surface area contributed by atoms with Crippen LogP contribution in [0.1, 0.15) is 207 Å². The Morgan fingerprint density at radius 2 is 0.707 bits per heavy atom. The molecule has 0 aliphatic carbocycles. The van der Waals surface area contributed by atoms with Gasteiger partial charge < -0.3 is 14.2 Å². The van der Waals surface area contributed by atoms with E-state index in [0.29, 0.717) is 19.3 Å². The first-order chi connectivity index (χ1) is 28.5. The van der Waals surface area contributed by atoms with Crippen molar-refractivity contribution >= 4 is 17.9 Å². The zero-order valence-electron chi connectivity index (χ0n) is 37.5. The minimum absolute atomic E-state index is 0.0963. The van der Waals surface area contributed by atoms with Crippen LogP contribution in [0.15, 0.2) is 85.1 Å². The van der Waals surface area contributed by atoms with Crippen LogP contribution < -0.4 is 0 Å². The highest BCUT2D eigenvalue weighted by Crippen LogP contribution is 2.12. The Morgan fingerprint density at radius 1 is 0.362 bits per heavy atom. The van der Waals surface area contributed by atoms with Crippen molar-refractivity contribution in [1.82, 2.24) is 0 Å². The van der Waals surface area contributed by atoms with Crippen molar-refractivity contribution in [2.45, 2.75) is 213 Å². The molecule has 0 aliphatic rings. The molecular formula is C52H86O6. The summed E-state index contributed by atoms with van der Waals surface area (Å²) in [4.78, 5) is 37.7. The van der Waals surface area contributed by atoms with Crippen LogP contribution >= 0.6 is 0 Å². The largest absolute Gasteiger partial charge is 0.462 e. The van der Waals surface area contributed by atoms with Crippen LogP contribution in [0.5, 0.6) is 0 Å². The van der Waals surface area contributed by atoms with Gasteiger partial charge in [0.05, 0.1) is 0 Å². The third-order valence-corrected chi connectivity index (χ3v) is 9.58. The fraction of sp³-hybridized carbons (Fsp3) is 0.673. The molecule has 0 N–H and O–H groups in total. The van der Waals surface area contributed by atoms with E-state index in [9.17, 15) is 14.4 Å². The average molecular weight is 807 g/mol. The lowest BCUT2D eigenvalue weighted by Gasteiger charge is -2.18. The topological polar surface area (TPSA) is 78.9 Å². The third kappa shape index (κ3) is 43.7. The summed E-state index contributed by atoms with van der Waals surface area (Å²) in [6.07, 6.45) is 58.5. The molecule has 0 heterocycles. The summed E-state index contributed by atoms with van der Waals surface area (Å²) < 4.78 is 16.7. The Bertz CT molecular complexity index is 1160. The van der Waals surface area contributed by atoms with Gasteiger partial charge in [0.15, 0.2) is 6.10 Å². The molecule has 0 saturated carbocycles. The maximum Gasteiger partial charge on any atom is 0.306 e. The fourth-order valence-electron chi connectivity index (χ4n) is 6.04. The smallest absolute Gasteiger partial charge is 0.306 e. The van der Waals surface area contributed by atoms with Crippen LogP contribution in [0.2, 0.25) is 0 Å². The molecule has 0 saturated heterocycles. The molecule has 1 atom stereocenters. The molecular weight excluding hydrogens is 721 g/mol. The summed E-state index contributed by atoms with van der Waals surface area (Å²) in [6.45, 7) is 6.36. The standard InChI is InChI=1S/C52H86O6/c1-4-7-10-13-16-19-22-23-24-25-26-27-28-29-31-33-36-39-42-45-51(54)57-48-49(47-56-50(53)44-41-38-35-32-21-18-15-12-9-6-3)58-52(55)46-43-40-37-34-30-20-17-14-11-8-5-2/h7,10,12,14-17,19,23-24,26-27,29,31,49H,4-6,8-9,11,13,18,20-22,25,28,30,32-48H2,1-3H3/b10-7-,15-12-,17-14-,19-16-,24-23-,27-26-,31-29-. The van der Waals surface area contributed by atoms with Crippen LogP contribution in [0.4, 0.5) is 0 Å². The highest BCUT2D eigenvalue weighted by Gasteiger charge is 2.19. The van der Waals surface area contributed by atoms with E-state index in [-0.39, 0.29) is 31.1 Å². The first-order valence-electron chi connectivity index (χ1n) is 23.6. The average Bonchev–Trinajstić information content (AvgIpc) is 3.22. The second-order valence-corrected chi connectivity index (χ2v) is 15.3. The third-order valence-electron chi connectivity index (χ3n) is 9.58. The van der Waals surface area contributed by atoms with Crippen molar-refractivity contribution in [3.63, 3.8) is 0 Å². The van der Waals surface area contributed by atoms with Gasteiger partial charge in [-0.15, -0.1) is 0 Å². The fourth-order valence-corrected chi connectivity index (χ4v) is 6.04. The van der Waals surface area contributed by atoms with Gasteiger partial charge in [0, 0.05) is 19.3 Å². The second kappa shape index (κ2) is 46.3. The summed E-state index contributed by atoms with van der Waals surface area (Å²) in [5, 5.41) is 0. The Hall–Kier alpha value is -3.41. The Balaban J connectivity index is 4.42. The monoisotopic (exact) mass is 807 g/mol. The van der Waals surface area contributed by atoms with Gasteiger partial charge in [-0.3, -0.25) is 14.4 Å². The molecule has 0 radical (unpaired) electrons. The minimum atomic E-state index is -0.795. The predicted molar refractivity (Wildman–Crippen MR) is 247 cm³/mol. The van der Waals surface area contributed by atoms with Gasteiger partial charge in [-0.1, -0.05) is 170 Å².